The summed E-state index contributed by atoms with van der Waals surface area (Å²) in [6, 6.07) is 0.935. The highest BCUT2D eigenvalue weighted by Crippen LogP contribution is 2.49. The van der Waals surface area contributed by atoms with Crippen LogP contribution in [-0.4, -0.2) is 51.9 Å². The van der Waals surface area contributed by atoms with Crippen LogP contribution in [0.25, 0.3) is 0 Å². The van der Waals surface area contributed by atoms with E-state index < -0.39 is 26.5 Å². The van der Waals surface area contributed by atoms with E-state index >= 15 is 0 Å². The Bertz CT molecular complexity index is 941. The fraction of sp³-hybridized carbons (Fsp3) is 0.632. The number of halogens is 3. The van der Waals surface area contributed by atoms with Crippen molar-refractivity contribution in [3.05, 3.63) is 33.2 Å². The molecule has 0 radical (unpaired) electrons. The molecule has 168 valence electrons. The average molecular weight is 466 g/mol. The quantitative estimate of drug-likeness (QED) is 0.652. The zero-order chi connectivity index (χ0) is 22.2. The Kier molecular flexibility index (Phi) is 6.66. The van der Waals surface area contributed by atoms with Gasteiger partial charge in [0.25, 0.3) is 0 Å². The van der Waals surface area contributed by atoms with Crippen molar-refractivity contribution in [3.8, 4) is 0 Å². The van der Waals surface area contributed by atoms with Gasteiger partial charge in [-0.15, -0.1) is 11.3 Å². The normalized spacial score (nSPS) is 28.2. The van der Waals surface area contributed by atoms with E-state index in [1.54, 1.807) is 0 Å². The monoisotopic (exact) mass is 465 g/mol. The third-order valence-electron chi connectivity index (χ3n) is 5.37. The third kappa shape index (κ3) is 5.24. The van der Waals surface area contributed by atoms with E-state index in [-0.39, 0.29) is 24.4 Å². The van der Waals surface area contributed by atoms with Gasteiger partial charge in [-0.3, -0.25) is 4.99 Å². The molecule has 1 fully saturated rings. The van der Waals surface area contributed by atoms with Crippen LogP contribution < -0.4 is 11.1 Å². The lowest BCUT2D eigenvalue weighted by Crippen LogP contribution is -2.54. The minimum absolute atomic E-state index is 0.0247. The molecule has 2 aliphatic rings. The molecule has 1 spiro atoms. The molecule has 0 aromatic carbocycles. The largest absolute Gasteiger partial charge is 0.425 e. The molecule has 0 unspecified atom stereocenters. The first-order valence-corrected chi connectivity index (χ1v) is 12.5. The highest BCUT2D eigenvalue weighted by atomic mass is 32.2. The number of hydrogen-bond acceptors (Lipinski definition) is 7. The second-order valence-electron chi connectivity index (χ2n) is 7.90. The Morgan fingerprint density at radius 2 is 2.20 bits per heavy atom. The SMILES string of the molecule is C[C@H]1C[C@@]2(C[C@@H](C(C=NCCS(C)(=O)=O)=CN)N1)OCCc1sc(C(F)(F)F)cc12. The fourth-order valence-electron chi connectivity index (χ4n) is 4.12. The molecule has 0 amide bonds. The van der Waals surface area contributed by atoms with Crippen LogP contribution >= 0.6 is 11.3 Å². The molecule has 0 aliphatic carbocycles. The van der Waals surface area contributed by atoms with E-state index in [0.29, 0.717) is 37.0 Å². The molecule has 0 saturated carbocycles. The zero-order valence-electron chi connectivity index (χ0n) is 16.8. The number of aliphatic imine (C=N–C) groups is 1. The van der Waals surface area contributed by atoms with Crippen molar-refractivity contribution >= 4 is 27.4 Å². The summed E-state index contributed by atoms with van der Waals surface area (Å²) in [5.41, 5.74) is 6.24. The Hall–Kier alpha value is -1.43. The number of fused-ring (bicyclic) bond motifs is 2. The molecule has 1 saturated heterocycles. The number of alkyl halides is 3. The van der Waals surface area contributed by atoms with Gasteiger partial charge in [0, 0.05) is 54.0 Å². The first-order valence-electron chi connectivity index (χ1n) is 9.63. The van der Waals surface area contributed by atoms with Gasteiger partial charge in [0.05, 0.1) is 24.5 Å². The lowest BCUT2D eigenvalue weighted by Gasteiger charge is -2.46. The Balaban J connectivity index is 1.85. The van der Waals surface area contributed by atoms with Crippen LogP contribution in [0.5, 0.6) is 0 Å². The predicted octanol–water partition coefficient (Wildman–Crippen LogP) is 2.63. The number of ether oxygens (including phenoxy) is 1. The second kappa shape index (κ2) is 8.60. The van der Waals surface area contributed by atoms with E-state index in [1.807, 2.05) is 6.92 Å². The van der Waals surface area contributed by atoms with Crippen LogP contribution in [0.3, 0.4) is 0 Å². The van der Waals surface area contributed by atoms with Crippen LogP contribution in [0, 0.1) is 0 Å². The van der Waals surface area contributed by atoms with Crippen molar-refractivity contribution in [2.45, 2.75) is 50.0 Å². The van der Waals surface area contributed by atoms with Crippen LogP contribution in [0.15, 0.2) is 22.8 Å². The van der Waals surface area contributed by atoms with Crippen molar-refractivity contribution < 1.29 is 26.3 Å². The number of hydrogen-bond donors (Lipinski definition) is 2. The maximum Gasteiger partial charge on any atom is 0.425 e. The number of nitrogens with zero attached hydrogens (tertiary/aromatic N) is 1. The highest BCUT2D eigenvalue weighted by Gasteiger charge is 2.47. The van der Waals surface area contributed by atoms with Crippen molar-refractivity contribution in [2.75, 3.05) is 25.2 Å². The van der Waals surface area contributed by atoms with Gasteiger partial charge in [-0.05, 0) is 25.0 Å². The molecule has 0 bridgehead atoms. The van der Waals surface area contributed by atoms with Gasteiger partial charge < -0.3 is 15.8 Å². The van der Waals surface area contributed by atoms with Gasteiger partial charge in [-0.25, -0.2) is 8.42 Å². The highest BCUT2D eigenvalue weighted by molar-refractivity contribution is 7.90. The molecule has 1 aromatic rings. The Morgan fingerprint density at radius 3 is 2.83 bits per heavy atom. The van der Waals surface area contributed by atoms with Crippen molar-refractivity contribution in [3.63, 3.8) is 0 Å². The minimum atomic E-state index is -4.38. The van der Waals surface area contributed by atoms with Crippen molar-refractivity contribution in [1.29, 1.82) is 0 Å². The Labute approximate surface area is 178 Å². The molecule has 3 rings (SSSR count). The van der Waals surface area contributed by atoms with E-state index in [4.69, 9.17) is 10.5 Å². The Morgan fingerprint density at radius 1 is 1.47 bits per heavy atom. The molecule has 11 heteroatoms. The van der Waals surface area contributed by atoms with E-state index in [2.05, 4.69) is 10.3 Å². The zero-order valence-corrected chi connectivity index (χ0v) is 18.5. The molecular weight excluding hydrogens is 439 g/mol. The molecule has 30 heavy (non-hydrogen) atoms. The number of thiophene rings is 1. The van der Waals surface area contributed by atoms with Gasteiger partial charge >= 0.3 is 6.18 Å². The average Bonchev–Trinajstić information content (AvgIpc) is 3.07. The first kappa shape index (κ1) is 23.2. The van der Waals surface area contributed by atoms with E-state index in [0.717, 1.165) is 22.5 Å². The number of piperidine rings is 1. The number of nitrogens with two attached hydrogens (primary N) is 1. The van der Waals surface area contributed by atoms with Gasteiger partial charge in [0.1, 0.15) is 14.7 Å². The lowest BCUT2D eigenvalue weighted by molar-refractivity contribution is -0.134. The first-order chi connectivity index (χ1) is 13.9. The van der Waals surface area contributed by atoms with E-state index in [9.17, 15) is 21.6 Å². The van der Waals surface area contributed by atoms with Crippen LogP contribution in [0.2, 0.25) is 0 Å². The molecule has 3 atom stereocenters. The minimum Gasteiger partial charge on any atom is -0.404 e. The summed E-state index contributed by atoms with van der Waals surface area (Å²) in [6.07, 6.45) is 1.13. The molecule has 3 N–H and O–H groups in total. The topological polar surface area (TPSA) is 93.8 Å². The number of nitrogens with one attached hydrogen (secondary N) is 1. The fourth-order valence-corrected chi connectivity index (χ4v) is 5.65. The van der Waals surface area contributed by atoms with Crippen LogP contribution in [0.4, 0.5) is 13.2 Å². The number of sulfone groups is 1. The maximum absolute atomic E-state index is 13.3. The third-order valence-corrected chi connectivity index (χ3v) is 7.53. The summed E-state index contributed by atoms with van der Waals surface area (Å²) < 4.78 is 68.5. The molecule has 1 aromatic heterocycles. The summed E-state index contributed by atoms with van der Waals surface area (Å²) in [7, 11) is -3.12. The molecular formula is C19H26F3N3O3S2. The standard InChI is InChI=1S/C19H26F3N3O3S2/c1-12-8-18(14-7-17(19(20,21)22)29-16(14)3-5-28-18)9-15(25-12)13(10-23)11-24-4-6-30(2,26)27/h7,10-12,15,25H,3-6,8-9,23H2,1-2H3/t12-,15-,18-/m0/s1. The van der Waals surface area contributed by atoms with Crippen LogP contribution in [-0.2, 0) is 32.8 Å². The van der Waals surface area contributed by atoms with E-state index in [1.165, 1.54) is 18.5 Å². The van der Waals surface area contributed by atoms with Crippen molar-refractivity contribution in [1.82, 2.24) is 5.32 Å². The summed E-state index contributed by atoms with van der Waals surface area (Å²) in [4.78, 5) is 4.29. The second-order valence-corrected chi connectivity index (χ2v) is 11.3. The predicted molar refractivity (Wildman–Crippen MR) is 112 cm³/mol. The summed E-state index contributed by atoms with van der Waals surface area (Å²) in [5, 5.41) is 3.41. The van der Waals surface area contributed by atoms with Gasteiger partial charge in [-0.2, -0.15) is 13.2 Å². The van der Waals surface area contributed by atoms with Gasteiger partial charge in [0.15, 0.2) is 0 Å². The van der Waals surface area contributed by atoms with Gasteiger partial charge in [0.2, 0.25) is 0 Å². The lowest BCUT2D eigenvalue weighted by atomic mass is 9.76. The molecule has 6 nitrogen and oxygen atoms in total. The summed E-state index contributed by atoms with van der Waals surface area (Å²) in [6.45, 7) is 2.44. The smallest absolute Gasteiger partial charge is 0.404 e. The number of rotatable bonds is 5. The van der Waals surface area contributed by atoms with Crippen molar-refractivity contribution in [2.24, 2.45) is 10.7 Å². The summed E-state index contributed by atoms with van der Waals surface area (Å²) >= 11 is 0.798. The van der Waals surface area contributed by atoms with Gasteiger partial charge in [-0.1, -0.05) is 0 Å². The molecule has 3 heterocycles. The van der Waals surface area contributed by atoms with Crippen LogP contribution in [0.1, 0.15) is 35.1 Å². The maximum atomic E-state index is 13.3. The molecule has 2 aliphatic heterocycles. The summed E-state index contributed by atoms with van der Waals surface area (Å²) in [5.74, 6) is -0.0681.